The van der Waals surface area contributed by atoms with Crippen molar-refractivity contribution < 1.29 is 39.3 Å². The second-order valence-electron chi connectivity index (χ2n) is 7.36. The molecule has 0 spiro atoms. The Kier molecular flexibility index (Phi) is 13.0. The first kappa shape index (κ1) is 28.2. The number of nitrogens with one attached hydrogen (secondary N) is 3. The third kappa shape index (κ3) is 10.7. The van der Waals surface area contributed by atoms with Crippen molar-refractivity contribution in [1.82, 2.24) is 16.0 Å². The van der Waals surface area contributed by atoms with Crippen LogP contribution >= 0.6 is 0 Å². The number of aliphatic carboxylic acids is 2. The molecule has 0 fully saturated rings. The Morgan fingerprint density at radius 3 is 1.90 bits per heavy atom. The van der Waals surface area contributed by atoms with Crippen LogP contribution in [0, 0.1) is 5.92 Å². The largest absolute Gasteiger partial charge is 0.481 e. The van der Waals surface area contributed by atoms with Crippen LogP contribution in [0.2, 0.25) is 0 Å². The van der Waals surface area contributed by atoms with E-state index in [1.807, 2.05) is 0 Å². The maximum Gasteiger partial charge on any atom is 0.326 e. The lowest BCUT2D eigenvalue weighted by Crippen LogP contribution is -2.58. The molecule has 13 nitrogen and oxygen atoms in total. The third-order valence-electron chi connectivity index (χ3n) is 4.35. The topological polar surface area (TPSA) is 234 Å². The van der Waals surface area contributed by atoms with E-state index < -0.39 is 72.8 Å². The molecule has 4 unspecified atom stereocenters. The van der Waals surface area contributed by atoms with Crippen LogP contribution in [0.3, 0.4) is 0 Å². The summed E-state index contributed by atoms with van der Waals surface area (Å²) in [5, 5.41) is 33.9. The fourth-order valence-corrected chi connectivity index (χ4v) is 2.55. The number of hydrogen-bond donors (Lipinski definition) is 8. The lowest BCUT2D eigenvalue weighted by Gasteiger charge is -2.26. The summed E-state index contributed by atoms with van der Waals surface area (Å²) in [6.07, 6.45) is 0.420. The molecule has 0 aromatic carbocycles. The van der Waals surface area contributed by atoms with Gasteiger partial charge in [-0.05, 0) is 31.7 Å². The Morgan fingerprint density at radius 2 is 1.45 bits per heavy atom. The molecule has 0 aromatic rings. The van der Waals surface area contributed by atoms with Crippen molar-refractivity contribution in [2.75, 3.05) is 13.2 Å². The van der Waals surface area contributed by atoms with Crippen molar-refractivity contribution in [3.8, 4) is 0 Å². The zero-order chi connectivity index (χ0) is 24.1. The van der Waals surface area contributed by atoms with E-state index in [0.717, 1.165) is 0 Å². The maximum atomic E-state index is 12.7. The monoisotopic (exact) mass is 447 g/mol. The summed E-state index contributed by atoms with van der Waals surface area (Å²) < 4.78 is 0. The zero-order valence-corrected chi connectivity index (χ0v) is 17.7. The number of carboxylic acids is 2. The van der Waals surface area contributed by atoms with E-state index >= 15 is 0 Å². The van der Waals surface area contributed by atoms with Crippen molar-refractivity contribution in [3.05, 3.63) is 0 Å². The first-order valence-electron chi connectivity index (χ1n) is 9.86. The molecule has 0 bridgehead atoms. The second-order valence-corrected chi connectivity index (χ2v) is 7.36. The zero-order valence-electron chi connectivity index (χ0n) is 17.7. The van der Waals surface area contributed by atoms with Gasteiger partial charge in [-0.25, -0.2) is 4.79 Å². The standard InChI is InChI=1S/C18H33N5O8/c1-9(2)14(17(29)22-12(18(30)31)7-13(25)26)23-16(28)11(5-3-4-6-19)21-15(27)10(20)8-24/h9-12,14,24H,3-8,19-20H2,1-2H3,(H,21,27)(H,22,29)(H,23,28)(H,25,26)(H,30,31). The lowest BCUT2D eigenvalue weighted by molar-refractivity contribution is -0.147. The van der Waals surface area contributed by atoms with Crippen molar-refractivity contribution in [2.24, 2.45) is 17.4 Å². The summed E-state index contributed by atoms with van der Waals surface area (Å²) in [5.41, 5.74) is 10.9. The minimum Gasteiger partial charge on any atom is -0.481 e. The molecule has 31 heavy (non-hydrogen) atoms. The highest BCUT2D eigenvalue weighted by Gasteiger charge is 2.32. The Hall–Kier alpha value is -2.77. The SMILES string of the molecule is CC(C)C(NC(=O)C(CCCCN)NC(=O)C(N)CO)C(=O)NC(CC(=O)O)C(=O)O. The molecule has 0 aliphatic rings. The van der Waals surface area contributed by atoms with Crippen molar-refractivity contribution in [1.29, 1.82) is 0 Å². The van der Waals surface area contributed by atoms with E-state index in [2.05, 4.69) is 16.0 Å². The van der Waals surface area contributed by atoms with Crippen LogP contribution in [-0.2, 0) is 24.0 Å². The van der Waals surface area contributed by atoms with Crippen molar-refractivity contribution in [3.63, 3.8) is 0 Å². The first-order chi connectivity index (χ1) is 14.4. The smallest absolute Gasteiger partial charge is 0.326 e. The molecular formula is C18H33N5O8. The van der Waals surface area contributed by atoms with E-state index in [1.54, 1.807) is 13.8 Å². The predicted molar refractivity (Wildman–Crippen MR) is 108 cm³/mol. The van der Waals surface area contributed by atoms with Gasteiger partial charge in [0.2, 0.25) is 17.7 Å². The number of carboxylic acid groups (broad SMARTS) is 2. The fraction of sp³-hybridized carbons (Fsp3) is 0.722. The highest BCUT2D eigenvalue weighted by atomic mass is 16.4. The Bertz CT molecular complexity index is 642. The van der Waals surface area contributed by atoms with Gasteiger partial charge >= 0.3 is 11.9 Å². The van der Waals surface area contributed by atoms with E-state index in [0.29, 0.717) is 19.4 Å². The normalized spacial score (nSPS) is 14.8. The molecule has 0 saturated carbocycles. The quantitative estimate of drug-likeness (QED) is 0.119. The van der Waals surface area contributed by atoms with Gasteiger partial charge < -0.3 is 42.7 Å². The maximum absolute atomic E-state index is 12.7. The minimum absolute atomic E-state index is 0.191. The van der Waals surface area contributed by atoms with Gasteiger partial charge in [-0.2, -0.15) is 0 Å². The molecule has 0 aliphatic carbocycles. The number of amides is 3. The van der Waals surface area contributed by atoms with E-state index in [4.69, 9.17) is 26.8 Å². The van der Waals surface area contributed by atoms with Crippen LogP contribution in [0.25, 0.3) is 0 Å². The van der Waals surface area contributed by atoms with Crippen molar-refractivity contribution >= 4 is 29.7 Å². The molecular weight excluding hydrogens is 414 g/mol. The average Bonchev–Trinajstić information content (AvgIpc) is 2.68. The van der Waals surface area contributed by atoms with E-state index in [1.165, 1.54) is 0 Å². The molecule has 4 atom stereocenters. The summed E-state index contributed by atoms with van der Waals surface area (Å²) in [7, 11) is 0. The van der Waals surface area contributed by atoms with Gasteiger partial charge in [-0.1, -0.05) is 13.8 Å². The highest BCUT2D eigenvalue weighted by Crippen LogP contribution is 2.07. The number of rotatable bonds is 15. The molecule has 0 heterocycles. The van der Waals surface area contributed by atoms with Crippen LogP contribution in [0.1, 0.15) is 39.5 Å². The van der Waals surface area contributed by atoms with Crippen LogP contribution < -0.4 is 27.4 Å². The van der Waals surface area contributed by atoms with Crippen LogP contribution in [-0.4, -0.2) is 82.3 Å². The van der Waals surface area contributed by atoms with Crippen LogP contribution in [0.5, 0.6) is 0 Å². The Balaban J connectivity index is 5.38. The molecule has 0 radical (unpaired) electrons. The van der Waals surface area contributed by atoms with Crippen LogP contribution in [0.15, 0.2) is 0 Å². The third-order valence-corrected chi connectivity index (χ3v) is 4.35. The first-order valence-corrected chi connectivity index (χ1v) is 9.86. The summed E-state index contributed by atoms with van der Waals surface area (Å²) >= 11 is 0. The van der Waals surface area contributed by atoms with Crippen LogP contribution in [0.4, 0.5) is 0 Å². The predicted octanol–water partition coefficient (Wildman–Crippen LogP) is -2.90. The molecule has 0 aliphatic heterocycles. The minimum atomic E-state index is -1.68. The molecule has 178 valence electrons. The number of nitrogens with two attached hydrogens (primary N) is 2. The fourth-order valence-electron chi connectivity index (χ4n) is 2.55. The number of aliphatic hydroxyl groups excluding tert-OH is 1. The molecule has 3 amide bonds. The number of hydrogen-bond acceptors (Lipinski definition) is 8. The number of aliphatic hydroxyl groups is 1. The molecule has 0 rings (SSSR count). The van der Waals surface area contributed by atoms with Gasteiger partial charge in [0.15, 0.2) is 0 Å². The number of carbonyl (C=O) groups is 5. The van der Waals surface area contributed by atoms with Gasteiger partial charge in [0, 0.05) is 0 Å². The summed E-state index contributed by atoms with van der Waals surface area (Å²) in [6.45, 7) is 2.94. The molecule has 13 heteroatoms. The highest BCUT2D eigenvalue weighted by molar-refractivity contribution is 5.94. The Labute approximate surface area is 179 Å². The molecule has 10 N–H and O–H groups in total. The summed E-state index contributed by atoms with van der Waals surface area (Å²) in [5.74, 6) is -5.78. The summed E-state index contributed by atoms with van der Waals surface area (Å²) in [6, 6.07) is -5.17. The summed E-state index contributed by atoms with van der Waals surface area (Å²) in [4.78, 5) is 59.3. The Morgan fingerprint density at radius 1 is 0.871 bits per heavy atom. The number of unbranched alkanes of at least 4 members (excludes halogenated alkanes) is 1. The van der Waals surface area contributed by atoms with Gasteiger partial charge in [0.1, 0.15) is 24.2 Å². The van der Waals surface area contributed by atoms with Crippen molar-refractivity contribution in [2.45, 2.75) is 63.7 Å². The molecule has 0 saturated heterocycles. The van der Waals surface area contributed by atoms with Gasteiger partial charge in [-0.3, -0.25) is 19.2 Å². The average molecular weight is 447 g/mol. The lowest BCUT2D eigenvalue weighted by atomic mass is 10.0. The van der Waals surface area contributed by atoms with Gasteiger partial charge in [0.05, 0.1) is 13.0 Å². The number of carbonyl (C=O) groups excluding carboxylic acids is 3. The van der Waals surface area contributed by atoms with Gasteiger partial charge in [-0.15, -0.1) is 0 Å². The van der Waals surface area contributed by atoms with Gasteiger partial charge in [0.25, 0.3) is 0 Å². The molecule has 0 aromatic heterocycles. The second kappa shape index (κ2) is 14.3. The van der Waals surface area contributed by atoms with E-state index in [-0.39, 0.29) is 6.42 Å². The van der Waals surface area contributed by atoms with E-state index in [9.17, 15) is 24.0 Å².